The lowest BCUT2D eigenvalue weighted by Crippen LogP contribution is -1.86. The highest BCUT2D eigenvalue weighted by Crippen LogP contribution is 2.06. The second kappa shape index (κ2) is 8.31. The number of carbonyl (C=O) groups is 1. The van der Waals surface area contributed by atoms with Crippen LogP contribution in [0.5, 0.6) is 0 Å². The molecule has 18 heavy (non-hydrogen) atoms. The average Bonchev–Trinajstić information content (AvgIpc) is 3.09. The molecule has 0 radical (unpaired) electrons. The molecule has 0 N–H and O–H groups in total. The quantitative estimate of drug-likeness (QED) is 0.667. The first-order valence-corrected chi connectivity index (χ1v) is 7.25. The first kappa shape index (κ1) is 14.3. The summed E-state index contributed by atoms with van der Waals surface area (Å²) in [7, 11) is 0. The number of Topliss-reactive ketones (excluding diaryl/α,β-unsaturated/α-hetero) is 1. The van der Waals surface area contributed by atoms with Crippen LogP contribution in [-0.4, -0.2) is 5.78 Å². The molecular formula is C15H12OS2. The Kier molecular flexibility index (Phi) is 6.58. The third-order valence-electron chi connectivity index (χ3n) is 1.64. The van der Waals surface area contributed by atoms with E-state index in [1.807, 2.05) is 48.9 Å². The van der Waals surface area contributed by atoms with Gasteiger partial charge in [0.05, 0.1) is 9.75 Å². The second-order valence-corrected chi connectivity index (χ2v) is 4.68. The minimum absolute atomic E-state index is 0.346. The zero-order valence-electron chi connectivity index (χ0n) is 10.2. The van der Waals surface area contributed by atoms with Crippen LogP contribution in [0.25, 0.3) is 0 Å². The van der Waals surface area contributed by atoms with Crippen LogP contribution < -0.4 is 0 Å². The van der Waals surface area contributed by atoms with Crippen LogP contribution in [-0.2, 0) is 4.79 Å². The van der Waals surface area contributed by atoms with Crippen molar-refractivity contribution in [3.05, 3.63) is 44.8 Å². The summed E-state index contributed by atoms with van der Waals surface area (Å²) in [5, 5.41) is 3.84. The molecule has 0 amide bonds. The molecule has 0 atom stereocenters. The molecule has 2 heterocycles. The van der Waals surface area contributed by atoms with Crippen LogP contribution in [0.1, 0.15) is 23.6 Å². The van der Waals surface area contributed by atoms with E-state index in [2.05, 4.69) is 23.7 Å². The molecule has 0 aliphatic heterocycles. The maximum absolute atomic E-state index is 11.3. The minimum Gasteiger partial charge on any atom is -0.270 e. The third-order valence-corrected chi connectivity index (χ3v) is 3.21. The summed E-state index contributed by atoms with van der Waals surface area (Å²) < 4.78 is 0. The van der Waals surface area contributed by atoms with Crippen LogP contribution >= 0.6 is 22.7 Å². The molecular weight excluding hydrogens is 260 g/mol. The van der Waals surface area contributed by atoms with Crippen molar-refractivity contribution in [2.24, 2.45) is 0 Å². The van der Waals surface area contributed by atoms with Gasteiger partial charge >= 0.3 is 0 Å². The Bertz CT molecular complexity index is 530. The van der Waals surface area contributed by atoms with E-state index >= 15 is 0 Å². The van der Waals surface area contributed by atoms with Crippen molar-refractivity contribution in [1.82, 2.24) is 0 Å². The number of hydrogen-bond acceptors (Lipinski definition) is 3. The van der Waals surface area contributed by atoms with Gasteiger partial charge in [-0.25, -0.2) is 0 Å². The molecule has 0 saturated heterocycles. The normalized spacial score (nSPS) is 7.89. The third kappa shape index (κ3) is 5.01. The van der Waals surface area contributed by atoms with Crippen molar-refractivity contribution >= 4 is 28.5 Å². The molecule has 0 bridgehead atoms. The summed E-state index contributed by atoms with van der Waals surface area (Å²) in [6.45, 7) is 4.00. The van der Waals surface area contributed by atoms with Crippen LogP contribution in [0.4, 0.5) is 0 Å². The van der Waals surface area contributed by atoms with Crippen molar-refractivity contribution in [2.45, 2.75) is 13.8 Å². The molecule has 0 unspecified atom stereocenters. The fraction of sp³-hybridized carbons (Fsp3) is 0.133. The van der Waals surface area contributed by atoms with E-state index in [0.29, 0.717) is 0 Å². The molecule has 2 aromatic heterocycles. The summed E-state index contributed by atoms with van der Waals surface area (Å²) in [4.78, 5) is 13.1. The molecule has 3 heteroatoms. The van der Waals surface area contributed by atoms with Gasteiger partial charge in [0.2, 0.25) is 0 Å². The topological polar surface area (TPSA) is 17.1 Å². The van der Waals surface area contributed by atoms with E-state index in [4.69, 9.17) is 0 Å². The molecule has 2 aromatic rings. The Hall–Kier alpha value is -1.81. The van der Waals surface area contributed by atoms with Gasteiger partial charge in [-0.05, 0) is 46.6 Å². The fourth-order valence-corrected chi connectivity index (χ4v) is 2.11. The summed E-state index contributed by atoms with van der Waals surface area (Å²) in [5.41, 5.74) is 0. The van der Waals surface area contributed by atoms with Crippen molar-refractivity contribution in [2.75, 3.05) is 0 Å². The molecule has 90 valence electrons. The Balaban J connectivity index is 0.000000771. The van der Waals surface area contributed by atoms with E-state index in [1.54, 1.807) is 0 Å². The van der Waals surface area contributed by atoms with Gasteiger partial charge in [-0.1, -0.05) is 26.0 Å². The first-order chi connectivity index (χ1) is 8.84. The monoisotopic (exact) mass is 272 g/mol. The fourth-order valence-electron chi connectivity index (χ4n) is 0.967. The first-order valence-electron chi connectivity index (χ1n) is 5.49. The van der Waals surface area contributed by atoms with Gasteiger partial charge in [-0.3, -0.25) is 4.79 Å². The zero-order chi connectivity index (χ0) is 13.2. The van der Waals surface area contributed by atoms with E-state index in [1.165, 1.54) is 22.7 Å². The highest BCUT2D eigenvalue weighted by molar-refractivity contribution is 7.10. The largest absolute Gasteiger partial charge is 0.279 e. The van der Waals surface area contributed by atoms with E-state index in [9.17, 15) is 4.79 Å². The molecule has 0 aliphatic rings. The Morgan fingerprint density at radius 1 is 0.944 bits per heavy atom. The van der Waals surface area contributed by atoms with Gasteiger partial charge < -0.3 is 0 Å². The predicted molar refractivity (Wildman–Crippen MR) is 78.7 cm³/mol. The number of thiophene rings is 2. The van der Waals surface area contributed by atoms with E-state index < -0.39 is 0 Å². The maximum atomic E-state index is 11.3. The zero-order valence-corrected chi connectivity index (χ0v) is 11.8. The van der Waals surface area contributed by atoms with Crippen molar-refractivity contribution in [1.29, 1.82) is 0 Å². The van der Waals surface area contributed by atoms with Crippen LogP contribution in [0.15, 0.2) is 35.0 Å². The van der Waals surface area contributed by atoms with Crippen LogP contribution in [0, 0.1) is 23.7 Å². The Labute approximate surface area is 115 Å². The van der Waals surface area contributed by atoms with Gasteiger partial charge in [-0.2, -0.15) is 0 Å². The van der Waals surface area contributed by atoms with Gasteiger partial charge in [0.15, 0.2) is 0 Å². The molecule has 0 fully saturated rings. The molecule has 0 aliphatic carbocycles. The number of ketones is 1. The Morgan fingerprint density at radius 2 is 1.39 bits per heavy atom. The lowest BCUT2D eigenvalue weighted by atomic mass is 10.3. The molecule has 0 saturated carbocycles. The SMILES string of the molecule is CC.O=C(C#Cc1cccs1)C#Cc1cccs1. The van der Waals surface area contributed by atoms with E-state index in [-0.39, 0.29) is 5.78 Å². The maximum Gasteiger partial charge on any atom is 0.279 e. The Morgan fingerprint density at radius 3 is 1.72 bits per heavy atom. The van der Waals surface area contributed by atoms with Gasteiger partial charge in [0.25, 0.3) is 5.78 Å². The molecule has 0 spiro atoms. The lowest BCUT2D eigenvalue weighted by molar-refractivity contribution is -0.108. The standard InChI is InChI=1S/C13H6OS2.C2H6/c14-11(5-7-12-3-1-9-15-12)6-8-13-4-2-10-16-13;1-2/h1-4,9-10H;1-2H3. The summed E-state index contributed by atoms with van der Waals surface area (Å²) >= 11 is 3.02. The molecule has 2 rings (SSSR count). The van der Waals surface area contributed by atoms with Crippen LogP contribution in [0.2, 0.25) is 0 Å². The smallest absolute Gasteiger partial charge is 0.270 e. The van der Waals surface area contributed by atoms with Crippen LogP contribution in [0.3, 0.4) is 0 Å². The average molecular weight is 272 g/mol. The summed E-state index contributed by atoms with van der Waals surface area (Å²) in [5.74, 6) is 10.2. The molecule has 0 aromatic carbocycles. The second-order valence-electron chi connectivity index (χ2n) is 2.78. The highest BCUT2D eigenvalue weighted by atomic mass is 32.1. The highest BCUT2D eigenvalue weighted by Gasteiger charge is 1.90. The lowest BCUT2D eigenvalue weighted by Gasteiger charge is -1.76. The number of carbonyl (C=O) groups excluding carboxylic acids is 1. The van der Waals surface area contributed by atoms with Gasteiger partial charge in [0.1, 0.15) is 0 Å². The minimum atomic E-state index is -0.346. The summed E-state index contributed by atoms with van der Waals surface area (Å²) in [6, 6.07) is 7.54. The molecule has 1 nitrogen and oxygen atoms in total. The van der Waals surface area contributed by atoms with Gasteiger partial charge in [0, 0.05) is 0 Å². The van der Waals surface area contributed by atoms with Crippen molar-refractivity contribution in [3.63, 3.8) is 0 Å². The number of hydrogen-bond donors (Lipinski definition) is 0. The number of rotatable bonds is 0. The van der Waals surface area contributed by atoms with Crippen molar-refractivity contribution < 1.29 is 4.79 Å². The summed E-state index contributed by atoms with van der Waals surface area (Å²) in [6.07, 6.45) is 0. The predicted octanol–water partition coefficient (Wildman–Crippen LogP) is 3.81. The van der Waals surface area contributed by atoms with Gasteiger partial charge in [-0.15, -0.1) is 22.7 Å². The van der Waals surface area contributed by atoms with E-state index in [0.717, 1.165) is 9.75 Å². The van der Waals surface area contributed by atoms with Crippen molar-refractivity contribution in [3.8, 4) is 23.7 Å².